The average Bonchev–Trinajstić information content (AvgIpc) is 2.79. The number of carbonyl (C=O) groups is 1. The van der Waals surface area contributed by atoms with Crippen LogP contribution < -0.4 is 5.32 Å². The Morgan fingerprint density at radius 1 is 1.61 bits per heavy atom. The zero-order chi connectivity index (χ0) is 13.2. The van der Waals surface area contributed by atoms with Crippen molar-refractivity contribution >= 4 is 17.5 Å². The summed E-state index contributed by atoms with van der Waals surface area (Å²) in [6.45, 7) is 3.97. The number of aryl methyl sites for hydroxylation is 1. The highest BCUT2D eigenvalue weighted by Gasteiger charge is 2.35. The van der Waals surface area contributed by atoms with Gasteiger partial charge in [0.15, 0.2) is 0 Å². The molecule has 100 valence electrons. The largest absolute Gasteiger partial charge is 0.361 e. The van der Waals surface area contributed by atoms with Gasteiger partial charge in [-0.05, 0) is 38.5 Å². The van der Waals surface area contributed by atoms with E-state index >= 15 is 0 Å². The van der Waals surface area contributed by atoms with E-state index in [9.17, 15) is 4.79 Å². The van der Waals surface area contributed by atoms with Crippen molar-refractivity contribution in [2.24, 2.45) is 5.92 Å². The fourth-order valence-corrected chi connectivity index (χ4v) is 2.77. The van der Waals surface area contributed by atoms with Gasteiger partial charge < -0.3 is 9.84 Å². The van der Waals surface area contributed by atoms with Crippen LogP contribution in [-0.2, 0) is 0 Å². The van der Waals surface area contributed by atoms with Gasteiger partial charge in [-0.1, -0.05) is 12.1 Å². The molecule has 2 rings (SSSR count). The van der Waals surface area contributed by atoms with Crippen LogP contribution in [0.4, 0.5) is 0 Å². The first kappa shape index (κ1) is 13.4. The standard InChI is InChI=1S/C13H19ClN2O2/c1-9-3-5-13(8-14,6-4-9)16-12(17)11-7-15-18-10(11)2/h7,9H,3-6,8H2,1-2H3,(H,16,17). The number of alkyl halides is 1. The van der Waals surface area contributed by atoms with Crippen LogP contribution in [0, 0.1) is 12.8 Å². The Hall–Kier alpha value is -1.03. The number of hydrogen-bond acceptors (Lipinski definition) is 3. The number of amides is 1. The van der Waals surface area contributed by atoms with Crippen molar-refractivity contribution in [1.82, 2.24) is 10.5 Å². The lowest BCUT2D eigenvalue weighted by atomic mass is 9.78. The Labute approximate surface area is 112 Å². The number of rotatable bonds is 3. The lowest BCUT2D eigenvalue weighted by Gasteiger charge is -2.38. The van der Waals surface area contributed by atoms with Crippen molar-refractivity contribution in [3.63, 3.8) is 0 Å². The van der Waals surface area contributed by atoms with Crippen molar-refractivity contribution in [3.8, 4) is 0 Å². The summed E-state index contributed by atoms with van der Waals surface area (Å²) in [6.07, 6.45) is 5.55. The molecule has 4 nitrogen and oxygen atoms in total. The van der Waals surface area contributed by atoms with Crippen LogP contribution in [0.5, 0.6) is 0 Å². The van der Waals surface area contributed by atoms with E-state index in [-0.39, 0.29) is 11.4 Å². The van der Waals surface area contributed by atoms with Gasteiger partial charge in [-0.15, -0.1) is 11.6 Å². The fraction of sp³-hybridized carbons (Fsp3) is 0.692. The van der Waals surface area contributed by atoms with Gasteiger partial charge in [0.1, 0.15) is 11.3 Å². The molecule has 0 aromatic carbocycles. The summed E-state index contributed by atoms with van der Waals surface area (Å²) in [6, 6.07) is 0. The zero-order valence-electron chi connectivity index (χ0n) is 10.8. The highest BCUT2D eigenvalue weighted by atomic mass is 35.5. The van der Waals surface area contributed by atoms with E-state index in [4.69, 9.17) is 16.1 Å². The second kappa shape index (κ2) is 5.31. The second-order valence-electron chi connectivity index (χ2n) is 5.35. The summed E-state index contributed by atoms with van der Waals surface area (Å²) < 4.78 is 4.91. The van der Waals surface area contributed by atoms with Crippen LogP contribution in [0.2, 0.25) is 0 Å². The molecule has 1 aliphatic carbocycles. The van der Waals surface area contributed by atoms with Crippen molar-refractivity contribution in [2.75, 3.05) is 5.88 Å². The maximum absolute atomic E-state index is 12.2. The summed E-state index contributed by atoms with van der Waals surface area (Å²) in [4.78, 5) is 12.2. The molecule has 1 amide bonds. The maximum atomic E-state index is 12.2. The summed E-state index contributed by atoms with van der Waals surface area (Å²) in [5, 5.41) is 6.70. The molecule has 0 atom stereocenters. The molecule has 1 saturated carbocycles. The van der Waals surface area contributed by atoms with Gasteiger partial charge in [0, 0.05) is 5.88 Å². The Bertz CT molecular complexity index is 422. The van der Waals surface area contributed by atoms with E-state index in [0.29, 0.717) is 17.2 Å². The minimum Gasteiger partial charge on any atom is -0.361 e. The molecule has 0 spiro atoms. The highest BCUT2D eigenvalue weighted by Crippen LogP contribution is 2.33. The monoisotopic (exact) mass is 270 g/mol. The van der Waals surface area contributed by atoms with Crippen LogP contribution in [-0.4, -0.2) is 22.5 Å². The van der Waals surface area contributed by atoms with Gasteiger partial charge in [0.05, 0.1) is 11.7 Å². The third kappa shape index (κ3) is 2.69. The van der Waals surface area contributed by atoms with Crippen molar-refractivity contribution in [3.05, 3.63) is 17.5 Å². The molecule has 18 heavy (non-hydrogen) atoms. The minimum atomic E-state index is -0.269. The highest BCUT2D eigenvalue weighted by molar-refractivity contribution is 6.19. The molecule has 1 heterocycles. The van der Waals surface area contributed by atoms with Gasteiger partial charge in [-0.3, -0.25) is 4.79 Å². The Kier molecular flexibility index (Phi) is 3.95. The van der Waals surface area contributed by atoms with Gasteiger partial charge >= 0.3 is 0 Å². The number of nitrogens with one attached hydrogen (secondary N) is 1. The van der Waals surface area contributed by atoms with Crippen LogP contribution in [0.15, 0.2) is 10.7 Å². The van der Waals surface area contributed by atoms with Gasteiger partial charge in [0.25, 0.3) is 5.91 Å². The Morgan fingerprint density at radius 3 is 2.78 bits per heavy atom. The quantitative estimate of drug-likeness (QED) is 0.859. The number of nitrogens with zero attached hydrogens (tertiary/aromatic N) is 1. The average molecular weight is 271 g/mol. The molecular formula is C13H19ClN2O2. The fourth-order valence-electron chi connectivity index (χ4n) is 2.43. The Morgan fingerprint density at radius 2 is 2.28 bits per heavy atom. The number of carbonyl (C=O) groups excluding carboxylic acids is 1. The minimum absolute atomic E-state index is 0.135. The van der Waals surface area contributed by atoms with E-state index in [0.717, 1.165) is 31.6 Å². The molecule has 0 bridgehead atoms. The molecule has 1 aromatic heterocycles. The number of halogens is 1. The predicted molar refractivity (Wildman–Crippen MR) is 69.8 cm³/mol. The molecule has 1 fully saturated rings. The second-order valence-corrected chi connectivity index (χ2v) is 5.61. The molecule has 5 heteroatoms. The van der Waals surface area contributed by atoms with Gasteiger partial charge in [-0.2, -0.15) is 0 Å². The lowest BCUT2D eigenvalue weighted by Crippen LogP contribution is -2.52. The lowest BCUT2D eigenvalue weighted by molar-refractivity contribution is 0.0871. The van der Waals surface area contributed by atoms with E-state index in [1.54, 1.807) is 6.92 Å². The van der Waals surface area contributed by atoms with E-state index in [1.807, 2.05) is 0 Å². The molecular weight excluding hydrogens is 252 g/mol. The van der Waals surface area contributed by atoms with Crippen LogP contribution >= 0.6 is 11.6 Å². The maximum Gasteiger partial charge on any atom is 0.256 e. The van der Waals surface area contributed by atoms with Crippen molar-refractivity contribution in [2.45, 2.75) is 45.1 Å². The van der Waals surface area contributed by atoms with Crippen molar-refractivity contribution < 1.29 is 9.32 Å². The number of hydrogen-bond donors (Lipinski definition) is 1. The molecule has 0 saturated heterocycles. The molecule has 0 aliphatic heterocycles. The van der Waals surface area contributed by atoms with Gasteiger partial charge in [0.2, 0.25) is 0 Å². The summed E-state index contributed by atoms with van der Waals surface area (Å²) >= 11 is 6.08. The summed E-state index contributed by atoms with van der Waals surface area (Å²) in [7, 11) is 0. The molecule has 0 radical (unpaired) electrons. The predicted octanol–water partition coefficient (Wildman–Crippen LogP) is 2.90. The first-order chi connectivity index (χ1) is 8.56. The smallest absolute Gasteiger partial charge is 0.256 e. The van der Waals surface area contributed by atoms with Gasteiger partial charge in [-0.25, -0.2) is 0 Å². The van der Waals surface area contributed by atoms with E-state index in [2.05, 4.69) is 17.4 Å². The molecule has 1 aliphatic rings. The summed E-state index contributed by atoms with van der Waals surface area (Å²) in [5.41, 5.74) is 0.229. The zero-order valence-corrected chi connectivity index (χ0v) is 11.6. The Balaban J connectivity index is 2.07. The van der Waals surface area contributed by atoms with Crippen LogP contribution in [0.3, 0.4) is 0 Å². The normalized spacial score (nSPS) is 28.1. The third-order valence-electron chi connectivity index (χ3n) is 3.86. The van der Waals surface area contributed by atoms with E-state index < -0.39 is 0 Å². The first-order valence-corrected chi connectivity index (χ1v) is 6.89. The van der Waals surface area contributed by atoms with Crippen LogP contribution in [0.25, 0.3) is 0 Å². The van der Waals surface area contributed by atoms with Crippen molar-refractivity contribution in [1.29, 1.82) is 0 Å². The van der Waals surface area contributed by atoms with Crippen LogP contribution in [0.1, 0.15) is 48.7 Å². The topological polar surface area (TPSA) is 55.1 Å². The number of aromatic nitrogens is 1. The molecule has 1 N–H and O–H groups in total. The first-order valence-electron chi connectivity index (χ1n) is 6.36. The molecule has 1 aromatic rings. The molecule has 0 unspecified atom stereocenters. The van der Waals surface area contributed by atoms with E-state index in [1.165, 1.54) is 6.20 Å². The third-order valence-corrected chi connectivity index (χ3v) is 4.37. The summed E-state index contributed by atoms with van der Waals surface area (Å²) in [5.74, 6) is 1.58. The SMILES string of the molecule is Cc1oncc1C(=O)NC1(CCl)CCC(C)CC1.